The fourth-order valence-corrected chi connectivity index (χ4v) is 5.34. The van der Waals surface area contributed by atoms with E-state index in [0.29, 0.717) is 30.5 Å². The number of rotatable bonds is 5. The first-order valence-electron chi connectivity index (χ1n) is 12.3. The molecule has 1 aromatic heterocycles. The number of carbonyl (C=O) groups is 2. The molecule has 0 aliphatic carbocycles. The highest BCUT2D eigenvalue weighted by molar-refractivity contribution is 5.92. The van der Waals surface area contributed by atoms with Gasteiger partial charge in [0.1, 0.15) is 11.5 Å². The SMILES string of the molecule is CNC(=O)c1cc(C)nc(C2(C)CCN(C(=O)C3(Cc4ccccc4)CCN(C)CC3)CC2)n1. The molecule has 1 aromatic carbocycles. The molecule has 3 heterocycles. The first-order chi connectivity index (χ1) is 16.2. The summed E-state index contributed by atoms with van der Waals surface area (Å²) < 4.78 is 0. The summed E-state index contributed by atoms with van der Waals surface area (Å²) in [4.78, 5) is 39.9. The van der Waals surface area contributed by atoms with Crippen LogP contribution < -0.4 is 5.32 Å². The number of hydrogen-bond acceptors (Lipinski definition) is 5. The molecule has 4 rings (SSSR count). The average molecular weight is 464 g/mol. The van der Waals surface area contributed by atoms with E-state index in [4.69, 9.17) is 0 Å². The summed E-state index contributed by atoms with van der Waals surface area (Å²) in [6.45, 7) is 7.33. The minimum absolute atomic E-state index is 0.201. The molecule has 7 heteroatoms. The van der Waals surface area contributed by atoms with Gasteiger partial charge in [0.2, 0.25) is 5.91 Å². The first kappa shape index (κ1) is 24.3. The number of nitrogens with one attached hydrogen (secondary N) is 1. The molecule has 2 fully saturated rings. The molecule has 1 N–H and O–H groups in total. The van der Waals surface area contributed by atoms with E-state index in [1.807, 2.05) is 13.0 Å². The number of amides is 2. The standard InChI is InChI=1S/C27H37N5O2/c1-20-18-22(23(33)28-3)30-24(29-20)26(2)10-16-32(17-11-26)25(34)27(12-14-31(4)15-13-27)19-21-8-6-5-7-9-21/h5-9,18H,10-17,19H2,1-4H3,(H,28,33). The van der Waals surface area contributed by atoms with Gasteiger partial charge in [-0.15, -0.1) is 0 Å². The van der Waals surface area contributed by atoms with Gasteiger partial charge >= 0.3 is 0 Å². The van der Waals surface area contributed by atoms with Crippen LogP contribution in [0.4, 0.5) is 0 Å². The van der Waals surface area contributed by atoms with E-state index in [1.54, 1.807) is 13.1 Å². The summed E-state index contributed by atoms with van der Waals surface area (Å²) >= 11 is 0. The number of carbonyl (C=O) groups excluding carboxylic acids is 2. The van der Waals surface area contributed by atoms with E-state index in [-0.39, 0.29) is 16.7 Å². The van der Waals surface area contributed by atoms with Crippen molar-refractivity contribution in [3.05, 3.63) is 59.2 Å². The minimum atomic E-state index is -0.339. The quantitative estimate of drug-likeness (QED) is 0.738. The lowest BCUT2D eigenvalue weighted by Gasteiger charge is -2.45. The smallest absolute Gasteiger partial charge is 0.269 e. The molecule has 0 atom stereocenters. The van der Waals surface area contributed by atoms with Gasteiger partial charge in [-0.1, -0.05) is 37.3 Å². The molecule has 0 saturated carbocycles. The van der Waals surface area contributed by atoms with Crippen molar-refractivity contribution in [2.24, 2.45) is 5.41 Å². The summed E-state index contributed by atoms with van der Waals surface area (Å²) in [6.07, 6.45) is 4.15. The number of piperidine rings is 2. The molecule has 0 bridgehead atoms. The zero-order valence-corrected chi connectivity index (χ0v) is 20.9. The maximum Gasteiger partial charge on any atom is 0.269 e. The van der Waals surface area contributed by atoms with Gasteiger partial charge in [-0.2, -0.15) is 0 Å². The monoisotopic (exact) mass is 463 g/mol. The predicted molar refractivity (Wildman–Crippen MR) is 133 cm³/mol. The van der Waals surface area contributed by atoms with Gasteiger partial charge in [0.15, 0.2) is 0 Å². The highest BCUT2D eigenvalue weighted by Crippen LogP contribution is 2.40. The van der Waals surface area contributed by atoms with Crippen molar-refractivity contribution in [1.29, 1.82) is 0 Å². The minimum Gasteiger partial charge on any atom is -0.354 e. The first-order valence-corrected chi connectivity index (χ1v) is 12.3. The highest BCUT2D eigenvalue weighted by Gasteiger charge is 2.45. The third-order valence-electron chi connectivity index (χ3n) is 7.79. The van der Waals surface area contributed by atoms with E-state index in [1.165, 1.54) is 5.56 Å². The van der Waals surface area contributed by atoms with Crippen LogP contribution in [0.25, 0.3) is 0 Å². The van der Waals surface area contributed by atoms with Crippen molar-refractivity contribution in [3.8, 4) is 0 Å². The van der Waals surface area contributed by atoms with E-state index >= 15 is 0 Å². The summed E-state index contributed by atoms with van der Waals surface area (Å²) in [6, 6.07) is 12.1. The van der Waals surface area contributed by atoms with Gasteiger partial charge in [0.05, 0.1) is 5.41 Å². The van der Waals surface area contributed by atoms with Crippen LogP contribution in [-0.4, -0.2) is 71.9 Å². The summed E-state index contributed by atoms with van der Waals surface area (Å²) in [5.74, 6) is 0.798. The second-order valence-electron chi connectivity index (χ2n) is 10.4. The predicted octanol–water partition coefficient (Wildman–Crippen LogP) is 2.98. The van der Waals surface area contributed by atoms with Crippen molar-refractivity contribution >= 4 is 11.8 Å². The van der Waals surface area contributed by atoms with Crippen LogP contribution in [0.2, 0.25) is 0 Å². The maximum atomic E-state index is 14.0. The molecular weight excluding hydrogens is 426 g/mol. The largest absolute Gasteiger partial charge is 0.354 e. The summed E-state index contributed by atoms with van der Waals surface area (Å²) in [5, 5.41) is 2.65. The van der Waals surface area contributed by atoms with E-state index < -0.39 is 0 Å². The molecule has 2 aliphatic rings. The molecule has 0 spiro atoms. The lowest BCUT2D eigenvalue weighted by atomic mass is 9.71. The van der Waals surface area contributed by atoms with Crippen LogP contribution in [0.3, 0.4) is 0 Å². The Morgan fingerprint density at radius 2 is 1.65 bits per heavy atom. The third-order valence-corrected chi connectivity index (χ3v) is 7.79. The van der Waals surface area contributed by atoms with Gasteiger partial charge < -0.3 is 15.1 Å². The van der Waals surface area contributed by atoms with Crippen LogP contribution in [0.15, 0.2) is 36.4 Å². The Labute approximate surface area is 203 Å². The van der Waals surface area contributed by atoms with Crippen LogP contribution in [0.1, 0.15) is 60.2 Å². The van der Waals surface area contributed by atoms with E-state index in [2.05, 4.69) is 63.3 Å². The molecule has 182 valence electrons. The molecule has 2 aromatic rings. The lowest BCUT2D eigenvalue weighted by molar-refractivity contribution is -0.146. The average Bonchev–Trinajstić information content (AvgIpc) is 2.85. The second-order valence-corrected chi connectivity index (χ2v) is 10.4. The lowest BCUT2D eigenvalue weighted by Crippen LogP contribution is -2.54. The zero-order valence-electron chi connectivity index (χ0n) is 20.9. The second kappa shape index (κ2) is 9.82. The molecule has 0 radical (unpaired) electrons. The van der Waals surface area contributed by atoms with Gasteiger partial charge in [-0.25, -0.2) is 9.97 Å². The fraction of sp³-hybridized carbons (Fsp3) is 0.556. The van der Waals surface area contributed by atoms with Crippen molar-refractivity contribution < 1.29 is 9.59 Å². The molecule has 7 nitrogen and oxygen atoms in total. The maximum absolute atomic E-state index is 14.0. The molecule has 34 heavy (non-hydrogen) atoms. The fourth-order valence-electron chi connectivity index (χ4n) is 5.34. The van der Waals surface area contributed by atoms with Crippen molar-refractivity contribution in [3.63, 3.8) is 0 Å². The van der Waals surface area contributed by atoms with Crippen molar-refractivity contribution in [2.75, 3.05) is 40.3 Å². The van der Waals surface area contributed by atoms with E-state index in [9.17, 15) is 9.59 Å². The Morgan fingerprint density at radius 3 is 2.26 bits per heavy atom. The Morgan fingerprint density at radius 1 is 1.00 bits per heavy atom. The molecular formula is C27H37N5O2. The van der Waals surface area contributed by atoms with Gasteiger partial charge in [-0.05, 0) is 70.8 Å². The van der Waals surface area contributed by atoms with Crippen molar-refractivity contribution in [2.45, 2.75) is 51.4 Å². The number of aromatic nitrogens is 2. The topological polar surface area (TPSA) is 78.4 Å². The number of aryl methyl sites for hydroxylation is 1. The van der Waals surface area contributed by atoms with Crippen LogP contribution in [-0.2, 0) is 16.6 Å². The van der Waals surface area contributed by atoms with E-state index in [0.717, 1.165) is 50.9 Å². The Kier molecular flexibility index (Phi) is 7.03. The summed E-state index contributed by atoms with van der Waals surface area (Å²) in [5.41, 5.74) is 1.82. The Hall–Kier alpha value is -2.80. The van der Waals surface area contributed by atoms with Crippen molar-refractivity contribution in [1.82, 2.24) is 25.1 Å². The Bertz CT molecular complexity index is 1020. The molecule has 2 saturated heterocycles. The molecule has 2 aliphatic heterocycles. The highest BCUT2D eigenvalue weighted by atomic mass is 16.2. The van der Waals surface area contributed by atoms with Crippen LogP contribution in [0, 0.1) is 12.3 Å². The van der Waals surface area contributed by atoms with Gasteiger partial charge in [-0.3, -0.25) is 9.59 Å². The number of benzene rings is 1. The normalized spacial score (nSPS) is 20.1. The Balaban J connectivity index is 1.51. The third kappa shape index (κ3) is 4.99. The molecule has 0 unspecified atom stereocenters. The number of nitrogens with zero attached hydrogens (tertiary/aromatic N) is 4. The van der Waals surface area contributed by atoms with Crippen LogP contribution in [0.5, 0.6) is 0 Å². The van der Waals surface area contributed by atoms with Gasteiger partial charge in [0, 0.05) is 31.2 Å². The zero-order chi connectivity index (χ0) is 24.3. The van der Waals surface area contributed by atoms with Crippen LogP contribution >= 0.6 is 0 Å². The number of hydrogen-bond donors (Lipinski definition) is 1. The van der Waals surface area contributed by atoms with Gasteiger partial charge in [0.25, 0.3) is 5.91 Å². The number of likely N-dealkylation sites (tertiary alicyclic amines) is 2. The summed E-state index contributed by atoms with van der Waals surface area (Å²) in [7, 11) is 3.75. The molecule has 2 amide bonds.